The number of aliphatic hydroxyl groups is 2. The predicted octanol–water partition coefficient (Wildman–Crippen LogP) is 1.58. The minimum absolute atomic E-state index is 0.199. The standard InChI is InChI=1S/C19H19F2N3O4/c1-11-17(19(27)23-12(8-25)9-26)24-7-3-6-16(18(24)22-11)28-10-13-14(20)4-2-5-15(13)21/h2-7,12,25-26H,8-10H2,1H3,(H,23,27). The number of halogens is 2. The Morgan fingerprint density at radius 3 is 2.54 bits per heavy atom. The number of nitrogens with one attached hydrogen (secondary N) is 1. The van der Waals surface area contributed by atoms with Gasteiger partial charge in [0, 0.05) is 6.20 Å². The molecule has 0 unspecified atom stereocenters. The Hall–Kier alpha value is -3.04. The molecule has 7 nitrogen and oxygen atoms in total. The van der Waals surface area contributed by atoms with Gasteiger partial charge in [0.2, 0.25) is 0 Å². The van der Waals surface area contributed by atoms with Crippen molar-refractivity contribution < 1.29 is 28.5 Å². The minimum Gasteiger partial charge on any atom is -0.485 e. The third-order valence-electron chi connectivity index (χ3n) is 4.21. The molecule has 0 aliphatic carbocycles. The lowest BCUT2D eigenvalue weighted by Gasteiger charge is -2.13. The summed E-state index contributed by atoms with van der Waals surface area (Å²) in [5, 5.41) is 20.8. The number of nitrogens with zero attached hydrogens (tertiary/aromatic N) is 2. The minimum atomic E-state index is -0.805. The highest BCUT2D eigenvalue weighted by atomic mass is 19.1. The number of aryl methyl sites for hydroxylation is 1. The second-order valence-electron chi connectivity index (χ2n) is 6.14. The summed E-state index contributed by atoms with van der Waals surface area (Å²) in [6.07, 6.45) is 1.59. The van der Waals surface area contributed by atoms with Gasteiger partial charge < -0.3 is 20.3 Å². The summed E-state index contributed by atoms with van der Waals surface area (Å²) in [6.45, 7) is 0.443. The first-order chi connectivity index (χ1) is 13.5. The fourth-order valence-electron chi connectivity index (χ4n) is 2.77. The molecule has 0 bridgehead atoms. The lowest BCUT2D eigenvalue weighted by molar-refractivity contribution is 0.0873. The number of fused-ring (bicyclic) bond motifs is 1. The van der Waals surface area contributed by atoms with Crippen LogP contribution in [-0.4, -0.2) is 44.8 Å². The van der Waals surface area contributed by atoms with Crippen LogP contribution in [0.25, 0.3) is 5.65 Å². The van der Waals surface area contributed by atoms with E-state index in [9.17, 15) is 13.6 Å². The predicted molar refractivity (Wildman–Crippen MR) is 96.0 cm³/mol. The van der Waals surface area contributed by atoms with Crippen molar-refractivity contribution in [2.24, 2.45) is 0 Å². The van der Waals surface area contributed by atoms with Crippen LogP contribution >= 0.6 is 0 Å². The Labute approximate surface area is 159 Å². The number of ether oxygens (including phenoxy) is 1. The largest absolute Gasteiger partial charge is 0.485 e. The van der Waals surface area contributed by atoms with E-state index in [1.165, 1.54) is 10.5 Å². The first kappa shape index (κ1) is 19.7. The number of hydrogen-bond donors (Lipinski definition) is 3. The molecular formula is C19H19F2N3O4. The fraction of sp³-hybridized carbons (Fsp3) is 0.263. The summed E-state index contributed by atoms with van der Waals surface area (Å²) < 4.78 is 34.6. The van der Waals surface area contributed by atoms with E-state index >= 15 is 0 Å². The maximum absolute atomic E-state index is 13.8. The quantitative estimate of drug-likeness (QED) is 0.568. The Kier molecular flexibility index (Phi) is 5.86. The average molecular weight is 391 g/mol. The van der Waals surface area contributed by atoms with Crippen molar-refractivity contribution in [3.05, 3.63) is 65.1 Å². The van der Waals surface area contributed by atoms with Gasteiger partial charge in [-0.25, -0.2) is 13.8 Å². The molecule has 9 heteroatoms. The molecule has 0 spiro atoms. The Bertz CT molecular complexity index is 982. The van der Waals surface area contributed by atoms with E-state index in [-0.39, 0.29) is 23.6 Å². The highest BCUT2D eigenvalue weighted by Crippen LogP contribution is 2.24. The lowest BCUT2D eigenvalue weighted by atomic mass is 10.2. The monoisotopic (exact) mass is 391 g/mol. The van der Waals surface area contributed by atoms with Gasteiger partial charge in [0.15, 0.2) is 11.4 Å². The van der Waals surface area contributed by atoms with Crippen molar-refractivity contribution in [2.75, 3.05) is 13.2 Å². The van der Waals surface area contributed by atoms with Gasteiger partial charge in [-0.05, 0) is 31.2 Å². The van der Waals surface area contributed by atoms with Gasteiger partial charge in [-0.3, -0.25) is 9.20 Å². The molecule has 0 aliphatic heterocycles. The number of benzene rings is 1. The van der Waals surface area contributed by atoms with E-state index in [2.05, 4.69) is 10.3 Å². The molecule has 148 valence electrons. The zero-order valence-electron chi connectivity index (χ0n) is 15.0. The van der Waals surface area contributed by atoms with Gasteiger partial charge in [0.1, 0.15) is 23.9 Å². The zero-order chi connectivity index (χ0) is 20.3. The highest BCUT2D eigenvalue weighted by Gasteiger charge is 2.21. The maximum Gasteiger partial charge on any atom is 0.270 e. The van der Waals surface area contributed by atoms with Crippen LogP contribution in [-0.2, 0) is 6.61 Å². The fourth-order valence-corrected chi connectivity index (χ4v) is 2.77. The molecule has 1 amide bonds. The van der Waals surface area contributed by atoms with Crippen LogP contribution in [0.4, 0.5) is 8.78 Å². The summed E-state index contributed by atoms with van der Waals surface area (Å²) in [4.78, 5) is 16.8. The number of imidazole rings is 1. The Morgan fingerprint density at radius 2 is 1.89 bits per heavy atom. The molecule has 0 radical (unpaired) electrons. The molecule has 3 rings (SSSR count). The molecule has 2 heterocycles. The zero-order valence-corrected chi connectivity index (χ0v) is 15.0. The van der Waals surface area contributed by atoms with Crippen LogP contribution in [0.2, 0.25) is 0 Å². The summed E-state index contributed by atoms with van der Waals surface area (Å²) >= 11 is 0. The van der Waals surface area contributed by atoms with Gasteiger partial charge in [0.05, 0.1) is 30.5 Å². The van der Waals surface area contributed by atoms with Crippen LogP contribution in [0, 0.1) is 18.6 Å². The van der Waals surface area contributed by atoms with Crippen LogP contribution in [0.3, 0.4) is 0 Å². The van der Waals surface area contributed by atoms with Crippen molar-refractivity contribution >= 4 is 11.6 Å². The summed E-state index contributed by atoms with van der Waals surface area (Å²) in [6, 6.07) is 5.93. The summed E-state index contributed by atoms with van der Waals surface area (Å²) in [5.74, 6) is -1.72. The van der Waals surface area contributed by atoms with Crippen LogP contribution in [0.1, 0.15) is 21.7 Å². The molecular weight excluding hydrogens is 372 g/mol. The average Bonchev–Trinajstić information content (AvgIpc) is 3.02. The molecule has 0 saturated heterocycles. The molecule has 0 atom stereocenters. The summed E-state index contributed by atoms with van der Waals surface area (Å²) in [5.41, 5.74) is 0.676. The Morgan fingerprint density at radius 1 is 1.21 bits per heavy atom. The number of rotatable bonds is 7. The number of pyridine rings is 1. The molecule has 3 N–H and O–H groups in total. The summed E-state index contributed by atoms with van der Waals surface area (Å²) in [7, 11) is 0. The molecule has 0 aliphatic rings. The molecule has 0 fully saturated rings. The normalized spacial score (nSPS) is 11.2. The van der Waals surface area contributed by atoms with Crippen LogP contribution in [0.5, 0.6) is 5.75 Å². The van der Waals surface area contributed by atoms with Gasteiger partial charge in [-0.1, -0.05) is 6.07 Å². The van der Waals surface area contributed by atoms with Crippen molar-refractivity contribution in [1.82, 2.24) is 14.7 Å². The first-order valence-corrected chi connectivity index (χ1v) is 8.52. The third-order valence-corrected chi connectivity index (χ3v) is 4.21. The van der Waals surface area contributed by atoms with E-state index < -0.39 is 36.8 Å². The second-order valence-corrected chi connectivity index (χ2v) is 6.14. The number of amides is 1. The number of hydrogen-bond acceptors (Lipinski definition) is 5. The topological polar surface area (TPSA) is 96.1 Å². The molecule has 28 heavy (non-hydrogen) atoms. The number of aliphatic hydroxyl groups excluding tert-OH is 2. The van der Waals surface area contributed by atoms with Crippen molar-refractivity contribution in [2.45, 2.75) is 19.6 Å². The number of aromatic nitrogens is 2. The SMILES string of the molecule is Cc1nc2c(OCc3c(F)cccc3F)cccn2c1C(=O)NC(CO)CO. The van der Waals surface area contributed by atoms with Crippen LogP contribution < -0.4 is 10.1 Å². The van der Waals surface area contributed by atoms with E-state index in [1.54, 1.807) is 25.3 Å². The maximum atomic E-state index is 13.8. The van der Waals surface area contributed by atoms with Gasteiger partial charge in [0.25, 0.3) is 5.91 Å². The number of carbonyl (C=O) groups excluding carboxylic acids is 1. The molecule has 1 aromatic carbocycles. The van der Waals surface area contributed by atoms with Gasteiger partial charge >= 0.3 is 0 Å². The second kappa shape index (κ2) is 8.32. The van der Waals surface area contributed by atoms with Crippen molar-refractivity contribution in [3.8, 4) is 5.75 Å². The lowest BCUT2D eigenvalue weighted by Crippen LogP contribution is -2.40. The molecule has 3 aromatic rings. The first-order valence-electron chi connectivity index (χ1n) is 8.52. The Balaban J connectivity index is 1.91. The highest BCUT2D eigenvalue weighted by molar-refractivity contribution is 5.95. The van der Waals surface area contributed by atoms with Gasteiger partial charge in [-0.2, -0.15) is 0 Å². The van der Waals surface area contributed by atoms with E-state index in [1.807, 2.05) is 0 Å². The smallest absolute Gasteiger partial charge is 0.270 e. The molecule has 0 saturated carbocycles. The van der Waals surface area contributed by atoms with E-state index in [4.69, 9.17) is 14.9 Å². The third kappa shape index (κ3) is 3.80. The van der Waals surface area contributed by atoms with Crippen LogP contribution in [0.15, 0.2) is 36.5 Å². The van der Waals surface area contributed by atoms with E-state index in [0.717, 1.165) is 12.1 Å². The van der Waals surface area contributed by atoms with Crippen molar-refractivity contribution in [3.63, 3.8) is 0 Å². The van der Waals surface area contributed by atoms with Crippen molar-refractivity contribution in [1.29, 1.82) is 0 Å². The van der Waals surface area contributed by atoms with Gasteiger partial charge in [-0.15, -0.1) is 0 Å². The molecule has 2 aromatic heterocycles. The van der Waals surface area contributed by atoms with E-state index in [0.29, 0.717) is 11.3 Å². The number of carbonyl (C=O) groups is 1.